The number of benzene rings is 2. The highest BCUT2D eigenvalue weighted by Gasteiger charge is 2.30. The zero-order chi connectivity index (χ0) is 25.2. The minimum absolute atomic E-state index is 0.0981. The molecule has 0 saturated heterocycles. The molecule has 9 heteroatoms. The Kier molecular flexibility index (Phi) is 6.30. The smallest absolute Gasteiger partial charge is 0.383 e. The molecule has 0 aliphatic rings. The molecule has 0 bridgehead atoms. The molecule has 0 radical (unpaired) electrons. The van der Waals surface area contributed by atoms with Crippen LogP contribution in [0.3, 0.4) is 0 Å². The number of anilines is 2. The van der Waals surface area contributed by atoms with E-state index in [9.17, 15) is 18.0 Å². The van der Waals surface area contributed by atoms with Crippen molar-refractivity contribution in [1.82, 2.24) is 14.8 Å². The van der Waals surface area contributed by atoms with Crippen LogP contribution in [-0.4, -0.2) is 20.7 Å². The lowest BCUT2D eigenvalue weighted by Crippen LogP contribution is -2.14. The largest absolute Gasteiger partial charge is 0.416 e. The van der Waals surface area contributed by atoms with Crippen LogP contribution in [-0.2, 0) is 13.2 Å². The second-order valence-corrected chi connectivity index (χ2v) is 7.87. The maximum atomic E-state index is 13.0. The van der Waals surface area contributed by atoms with Crippen LogP contribution in [0.4, 0.5) is 24.7 Å². The zero-order valence-electron chi connectivity index (χ0n) is 18.8. The molecule has 0 fully saturated rings. The van der Waals surface area contributed by atoms with Gasteiger partial charge >= 0.3 is 6.18 Å². The minimum Gasteiger partial charge on any atom is -0.383 e. The second-order valence-electron chi connectivity index (χ2n) is 7.87. The maximum absolute atomic E-state index is 13.0. The fourth-order valence-corrected chi connectivity index (χ4v) is 3.31. The van der Waals surface area contributed by atoms with Gasteiger partial charge in [0, 0.05) is 47.4 Å². The van der Waals surface area contributed by atoms with Gasteiger partial charge in [-0.2, -0.15) is 18.3 Å². The molecule has 2 heterocycles. The monoisotopic (exact) mass is 475 g/mol. The van der Waals surface area contributed by atoms with E-state index >= 15 is 0 Å². The topological polar surface area (TPSA) is 85.8 Å². The van der Waals surface area contributed by atoms with Crippen LogP contribution >= 0.6 is 0 Å². The molecule has 2 aromatic carbocycles. The Morgan fingerprint density at radius 2 is 1.80 bits per heavy atom. The Hall–Kier alpha value is -4.58. The summed E-state index contributed by atoms with van der Waals surface area (Å²) in [7, 11) is 1.82. The highest BCUT2D eigenvalue weighted by atomic mass is 19.4. The highest BCUT2D eigenvalue weighted by molar-refractivity contribution is 6.04. The standard InChI is InChI=1S/C26H20F3N5O/c1-16-6-9-23(33-25(35)19-4-3-5-22(11-19)26(27,28)29)12-17(16)7-8-18-10-20(13-31-24(18)30)21-14-32-34(2)15-21/h3-6,9-15H,1-2H3,(H2,30,31)(H,33,35). The third kappa shape index (κ3) is 5.50. The van der Waals surface area contributed by atoms with Crippen molar-refractivity contribution in [3.63, 3.8) is 0 Å². The first kappa shape index (κ1) is 23.6. The summed E-state index contributed by atoms with van der Waals surface area (Å²) in [6.45, 7) is 1.86. The number of aryl methyl sites for hydroxylation is 2. The summed E-state index contributed by atoms with van der Waals surface area (Å²) in [5.41, 5.74) is 9.12. The van der Waals surface area contributed by atoms with Gasteiger partial charge < -0.3 is 11.1 Å². The van der Waals surface area contributed by atoms with E-state index in [1.54, 1.807) is 35.3 Å². The summed E-state index contributed by atoms with van der Waals surface area (Å²) in [5.74, 6) is 5.69. The summed E-state index contributed by atoms with van der Waals surface area (Å²) < 4.78 is 40.6. The fraction of sp³-hybridized carbons (Fsp3) is 0.115. The zero-order valence-corrected chi connectivity index (χ0v) is 18.8. The first-order valence-electron chi connectivity index (χ1n) is 10.5. The van der Waals surface area contributed by atoms with Crippen molar-refractivity contribution in [3.8, 4) is 23.0 Å². The number of carbonyl (C=O) groups is 1. The van der Waals surface area contributed by atoms with Crippen molar-refractivity contribution < 1.29 is 18.0 Å². The first-order chi connectivity index (χ1) is 16.6. The minimum atomic E-state index is -4.53. The van der Waals surface area contributed by atoms with Crippen LogP contribution in [0.1, 0.15) is 32.6 Å². The fourth-order valence-electron chi connectivity index (χ4n) is 3.31. The molecule has 2 aromatic heterocycles. The van der Waals surface area contributed by atoms with E-state index in [1.165, 1.54) is 12.1 Å². The molecule has 1 amide bonds. The Balaban J connectivity index is 1.58. The molecule has 0 spiro atoms. The van der Waals surface area contributed by atoms with Crippen LogP contribution in [0.5, 0.6) is 0 Å². The molecule has 176 valence electrons. The van der Waals surface area contributed by atoms with Gasteiger partial charge in [-0.1, -0.05) is 24.0 Å². The van der Waals surface area contributed by atoms with Gasteiger partial charge in [-0.15, -0.1) is 0 Å². The number of nitrogens with one attached hydrogen (secondary N) is 1. The predicted molar refractivity (Wildman–Crippen MR) is 127 cm³/mol. The van der Waals surface area contributed by atoms with Gasteiger partial charge in [0.15, 0.2) is 0 Å². The summed E-state index contributed by atoms with van der Waals surface area (Å²) >= 11 is 0. The molecule has 4 rings (SSSR count). The molecule has 0 saturated carbocycles. The molecule has 0 unspecified atom stereocenters. The number of nitrogen functional groups attached to an aromatic ring is 1. The van der Waals surface area contributed by atoms with Gasteiger partial charge in [0.05, 0.1) is 17.3 Å². The Morgan fingerprint density at radius 3 is 2.51 bits per heavy atom. The van der Waals surface area contributed by atoms with Gasteiger partial charge in [-0.25, -0.2) is 4.98 Å². The summed E-state index contributed by atoms with van der Waals surface area (Å²) in [6, 6.07) is 11.1. The predicted octanol–water partition coefficient (Wildman–Crippen LogP) is 5.04. The first-order valence-corrected chi connectivity index (χ1v) is 10.5. The number of aromatic nitrogens is 3. The molecule has 6 nitrogen and oxygen atoms in total. The average Bonchev–Trinajstić information content (AvgIpc) is 3.26. The summed E-state index contributed by atoms with van der Waals surface area (Å²) in [5, 5.41) is 6.78. The lowest BCUT2D eigenvalue weighted by atomic mass is 10.1. The van der Waals surface area contributed by atoms with E-state index < -0.39 is 17.6 Å². The number of pyridine rings is 1. The van der Waals surface area contributed by atoms with Gasteiger partial charge in [0.2, 0.25) is 0 Å². The Bertz CT molecular complexity index is 1480. The number of nitrogens with zero attached hydrogens (tertiary/aromatic N) is 3. The van der Waals surface area contributed by atoms with Crippen LogP contribution in [0.2, 0.25) is 0 Å². The van der Waals surface area contributed by atoms with Crippen molar-refractivity contribution in [3.05, 3.63) is 94.9 Å². The quantitative estimate of drug-likeness (QED) is 0.407. The molecular weight excluding hydrogens is 455 g/mol. The molecule has 0 atom stereocenters. The average molecular weight is 475 g/mol. The van der Waals surface area contributed by atoms with E-state index in [0.29, 0.717) is 16.8 Å². The summed E-state index contributed by atoms with van der Waals surface area (Å²) in [4.78, 5) is 16.8. The van der Waals surface area contributed by atoms with Crippen molar-refractivity contribution in [2.75, 3.05) is 11.1 Å². The highest BCUT2D eigenvalue weighted by Crippen LogP contribution is 2.29. The second kappa shape index (κ2) is 9.35. The molecule has 3 N–H and O–H groups in total. The van der Waals surface area contributed by atoms with Gasteiger partial charge in [0.1, 0.15) is 5.82 Å². The van der Waals surface area contributed by atoms with E-state index in [0.717, 1.165) is 28.8 Å². The lowest BCUT2D eigenvalue weighted by molar-refractivity contribution is -0.137. The maximum Gasteiger partial charge on any atom is 0.416 e. The third-order valence-electron chi connectivity index (χ3n) is 5.24. The Labute approximate surface area is 199 Å². The van der Waals surface area contributed by atoms with Crippen LogP contribution < -0.4 is 11.1 Å². The SMILES string of the molecule is Cc1ccc(NC(=O)c2cccc(C(F)(F)F)c2)cc1C#Cc1cc(-c2cnn(C)c2)cnc1N. The van der Waals surface area contributed by atoms with E-state index in [2.05, 4.69) is 27.2 Å². The third-order valence-corrected chi connectivity index (χ3v) is 5.24. The molecule has 0 aliphatic heterocycles. The van der Waals surface area contributed by atoms with Crippen LogP contribution in [0.25, 0.3) is 11.1 Å². The van der Waals surface area contributed by atoms with E-state index in [4.69, 9.17) is 5.73 Å². The van der Waals surface area contributed by atoms with Gasteiger partial charge in [-0.05, 0) is 48.9 Å². The molecular formula is C26H20F3N5O. The lowest BCUT2D eigenvalue weighted by Gasteiger charge is -2.10. The molecule has 35 heavy (non-hydrogen) atoms. The van der Waals surface area contributed by atoms with Crippen LogP contribution in [0.15, 0.2) is 67.1 Å². The number of hydrogen-bond donors (Lipinski definition) is 2. The van der Waals surface area contributed by atoms with Gasteiger partial charge in [0.25, 0.3) is 5.91 Å². The summed E-state index contributed by atoms with van der Waals surface area (Å²) in [6.07, 6.45) is 0.677. The Morgan fingerprint density at radius 1 is 1.03 bits per heavy atom. The molecule has 0 aliphatic carbocycles. The number of nitrogens with two attached hydrogens (primary N) is 1. The van der Waals surface area contributed by atoms with Crippen molar-refractivity contribution >= 4 is 17.4 Å². The number of amides is 1. The van der Waals surface area contributed by atoms with Gasteiger partial charge in [-0.3, -0.25) is 9.48 Å². The van der Waals surface area contributed by atoms with Crippen LogP contribution in [0, 0.1) is 18.8 Å². The van der Waals surface area contributed by atoms with Crippen molar-refractivity contribution in [2.24, 2.45) is 7.05 Å². The number of carbonyl (C=O) groups excluding carboxylic acids is 1. The molecule has 4 aromatic rings. The normalized spacial score (nSPS) is 11.0. The number of alkyl halides is 3. The number of hydrogen-bond acceptors (Lipinski definition) is 4. The number of halogens is 3. The van der Waals surface area contributed by atoms with Crippen molar-refractivity contribution in [2.45, 2.75) is 13.1 Å². The van der Waals surface area contributed by atoms with E-state index in [-0.39, 0.29) is 11.4 Å². The van der Waals surface area contributed by atoms with E-state index in [1.807, 2.05) is 26.2 Å². The van der Waals surface area contributed by atoms with Crippen molar-refractivity contribution in [1.29, 1.82) is 0 Å². The number of rotatable bonds is 3.